The molecule has 5 heteroatoms. The van der Waals surface area contributed by atoms with Crippen LogP contribution in [0.3, 0.4) is 0 Å². The number of carbonyl (C=O) groups is 2. The molecule has 0 unspecified atom stereocenters. The number of hydrogen-bond acceptors (Lipinski definition) is 3. The molecule has 22 heavy (non-hydrogen) atoms. The van der Waals surface area contributed by atoms with Crippen LogP contribution in [0.15, 0.2) is 18.2 Å². The van der Waals surface area contributed by atoms with Gasteiger partial charge in [0.25, 0.3) is 0 Å². The Morgan fingerprint density at radius 1 is 0.864 bits per heavy atom. The minimum Gasteiger partial charge on any atom is -0.392 e. The quantitative estimate of drug-likeness (QED) is 0.802. The van der Waals surface area contributed by atoms with E-state index in [0.29, 0.717) is 16.9 Å². The Bertz CT molecular complexity index is 520. The smallest absolute Gasteiger partial charge is 0.229 e. The third-order valence-electron chi connectivity index (χ3n) is 3.05. The third kappa shape index (κ3) is 5.15. The van der Waals surface area contributed by atoms with E-state index >= 15 is 0 Å². The lowest BCUT2D eigenvalue weighted by molar-refractivity contribution is -0.123. The Balaban J connectivity index is 3.04. The van der Waals surface area contributed by atoms with Crippen LogP contribution in [0.25, 0.3) is 0 Å². The zero-order valence-electron chi connectivity index (χ0n) is 14.2. The molecule has 0 aliphatic carbocycles. The normalized spacial score (nSPS) is 12.0. The monoisotopic (exact) mass is 306 g/mol. The van der Waals surface area contributed by atoms with Crippen molar-refractivity contribution in [1.29, 1.82) is 0 Å². The van der Waals surface area contributed by atoms with Gasteiger partial charge in [0.2, 0.25) is 11.8 Å². The number of benzene rings is 1. The summed E-state index contributed by atoms with van der Waals surface area (Å²) in [6.45, 7) is 10.8. The molecule has 1 aromatic carbocycles. The number of aliphatic hydroxyl groups excluding tert-OH is 1. The fraction of sp³-hybridized carbons (Fsp3) is 0.529. The largest absolute Gasteiger partial charge is 0.392 e. The van der Waals surface area contributed by atoms with Gasteiger partial charge in [-0.05, 0) is 23.8 Å². The molecular weight excluding hydrogens is 280 g/mol. The summed E-state index contributed by atoms with van der Waals surface area (Å²) in [4.78, 5) is 24.1. The molecule has 0 saturated carbocycles. The molecule has 1 rings (SSSR count). The summed E-state index contributed by atoms with van der Waals surface area (Å²) in [7, 11) is 0. The van der Waals surface area contributed by atoms with E-state index in [-0.39, 0.29) is 18.4 Å². The number of aliphatic hydroxyl groups is 1. The summed E-state index contributed by atoms with van der Waals surface area (Å²) < 4.78 is 0. The van der Waals surface area contributed by atoms with E-state index in [1.807, 2.05) is 41.5 Å². The second-order valence-electron chi connectivity index (χ2n) is 7.48. The maximum atomic E-state index is 12.1. The zero-order chi connectivity index (χ0) is 17.1. The lowest BCUT2D eigenvalue weighted by atomic mass is 9.95. The molecule has 0 spiro atoms. The Hall–Kier alpha value is -1.88. The summed E-state index contributed by atoms with van der Waals surface area (Å²) in [6.07, 6.45) is 0. The Labute approximate surface area is 132 Å². The van der Waals surface area contributed by atoms with E-state index in [1.165, 1.54) is 0 Å². The van der Waals surface area contributed by atoms with Gasteiger partial charge in [-0.15, -0.1) is 0 Å². The molecule has 0 heterocycles. The average Bonchev–Trinajstić information content (AvgIpc) is 2.36. The molecule has 1 aromatic rings. The van der Waals surface area contributed by atoms with Crippen molar-refractivity contribution in [3.05, 3.63) is 23.8 Å². The Morgan fingerprint density at radius 3 is 1.50 bits per heavy atom. The van der Waals surface area contributed by atoms with Crippen LogP contribution in [-0.4, -0.2) is 16.9 Å². The zero-order valence-corrected chi connectivity index (χ0v) is 14.2. The second-order valence-corrected chi connectivity index (χ2v) is 7.48. The van der Waals surface area contributed by atoms with Gasteiger partial charge in [0.15, 0.2) is 0 Å². The molecule has 0 aromatic heterocycles. The first-order valence-corrected chi connectivity index (χ1v) is 7.31. The predicted octanol–water partition coefficient (Wildman–Crippen LogP) is 3.15. The maximum Gasteiger partial charge on any atom is 0.229 e. The van der Waals surface area contributed by atoms with Crippen molar-refractivity contribution in [1.82, 2.24) is 0 Å². The van der Waals surface area contributed by atoms with Crippen LogP contribution in [-0.2, 0) is 16.2 Å². The van der Waals surface area contributed by atoms with Gasteiger partial charge in [-0.1, -0.05) is 41.5 Å². The van der Waals surface area contributed by atoms with Gasteiger partial charge in [-0.3, -0.25) is 9.59 Å². The molecule has 0 aliphatic heterocycles. The van der Waals surface area contributed by atoms with Gasteiger partial charge < -0.3 is 15.7 Å². The number of hydrogen-bond donors (Lipinski definition) is 3. The van der Waals surface area contributed by atoms with E-state index in [1.54, 1.807) is 18.2 Å². The molecule has 0 atom stereocenters. The lowest BCUT2D eigenvalue weighted by Crippen LogP contribution is -2.28. The van der Waals surface area contributed by atoms with Crippen molar-refractivity contribution in [3.8, 4) is 0 Å². The Morgan fingerprint density at radius 2 is 1.23 bits per heavy atom. The first-order valence-electron chi connectivity index (χ1n) is 7.31. The van der Waals surface area contributed by atoms with Gasteiger partial charge in [0, 0.05) is 22.2 Å². The summed E-state index contributed by atoms with van der Waals surface area (Å²) in [5.74, 6) is -0.258. The van der Waals surface area contributed by atoms with Crippen molar-refractivity contribution in [2.24, 2.45) is 10.8 Å². The number of amides is 2. The minimum atomic E-state index is -0.524. The predicted molar refractivity (Wildman–Crippen MR) is 88.5 cm³/mol. The highest BCUT2D eigenvalue weighted by Gasteiger charge is 2.23. The summed E-state index contributed by atoms with van der Waals surface area (Å²) in [5, 5.41) is 15.0. The number of rotatable bonds is 3. The summed E-state index contributed by atoms with van der Waals surface area (Å²) >= 11 is 0. The van der Waals surface area contributed by atoms with E-state index in [9.17, 15) is 14.7 Å². The van der Waals surface area contributed by atoms with Crippen LogP contribution in [0.1, 0.15) is 47.1 Å². The van der Waals surface area contributed by atoms with Crippen LogP contribution in [0.5, 0.6) is 0 Å². The number of anilines is 2. The fourth-order valence-corrected chi connectivity index (χ4v) is 1.56. The number of nitrogens with one attached hydrogen (secondary N) is 2. The lowest BCUT2D eigenvalue weighted by Gasteiger charge is -2.20. The van der Waals surface area contributed by atoms with Gasteiger partial charge >= 0.3 is 0 Å². The molecular formula is C17H26N2O3. The highest BCUT2D eigenvalue weighted by atomic mass is 16.3. The van der Waals surface area contributed by atoms with Crippen LogP contribution in [0.4, 0.5) is 11.4 Å². The van der Waals surface area contributed by atoms with Gasteiger partial charge in [0.05, 0.1) is 6.61 Å². The fourth-order valence-electron chi connectivity index (χ4n) is 1.56. The van der Waals surface area contributed by atoms with Crippen molar-refractivity contribution >= 4 is 23.2 Å². The summed E-state index contributed by atoms with van der Waals surface area (Å²) in [5.41, 5.74) is 0.677. The van der Waals surface area contributed by atoms with E-state index in [0.717, 1.165) is 0 Å². The van der Waals surface area contributed by atoms with E-state index in [4.69, 9.17) is 0 Å². The molecule has 0 bridgehead atoms. The SMILES string of the molecule is CC(C)(C)C(=O)Nc1cc(CO)cc(NC(=O)C(C)(C)C)c1. The topological polar surface area (TPSA) is 78.4 Å². The highest BCUT2D eigenvalue weighted by Crippen LogP contribution is 2.24. The third-order valence-corrected chi connectivity index (χ3v) is 3.05. The molecule has 122 valence electrons. The Kier molecular flexibility index (Phi) is 5.35. The van der Waals surface area contributed by atoms with E-state index in [2.05, 4.69) is 10.6 Å². The number of carbonyl (C=O) groups excluding carboxylic acids is 2. The van der Waals surface area contributed by atoms with Crippen LogP contribution in [0, 0.1) is 10.8 Å². The van der Waals surface area contributed by atoms with Crippen LogP contribution in [0.2, 0.25) is 0 Å². The second kappa shape index (κ2) is 6.48. The van der Waals surface area contributed by atoms with Crippen LogP contribution >= 0.6 is 0 Å². The molecule has 2 amide bonds. The molecule has 0 aliphatic rings. The first-order chi connectivity index (χ1) is 9.93. The molecule has 0 saturated heterocycles. The van der Waals surface area contributed by atoms with Crippen molar-refractivity contribution in [3.63, 3.8) is 0 Å². The van der Waals surface area contributed by atoms with Gasteiger partial charge in [0.1, 0.15) is 0 Å². The van der Waals surface area contributed by atoms with Gasteiger partial charge in [-0.25, -0.2) is 0 Å². The van der Waals surface area contributed by atoms with Crippen molar-refractivity contribution in [2.75, 3.05) is 10.6 Å². The van der Waals surface area contributed by atoms with Crippen LogP contribution < -0.4 is 10.6 Å². The van der Waals surface area contributed by atoms with E-state index < -0.39 is 10.8 Å². The van der Waals surface area contributed by atoms with Crippen molar-refractivity contribution in [2.45, 2.75) is 48.1 Å². The van der Waals surface area contributed by atoms with Crippen molar-refractivity contribution < 1.29 is 14.7 Å². The first kappa shape index (κ1) is 18.2. The average molecular weight is 306 g/mol. The molecule has 0 radical (unpaired) electrons. The van der Waals surface area contributed by atoms with Gasteiger partial charge in [-0.2, -0.15) is 0 Å². The highest BCUT2D eigenvalue weighted by molar-refractivity contribution is 5.97. The summed E-state index contributed by atoms with van der Waals surface area (Å²) in [6, 6.07) is 5.07. The molecule has 0 fully saturated rings. The maximum absolute atomic E-state index is 12.1. The standard InChI is InChI=1S/C17H26N2O3/c1-16(2,3)14(21)18-12-7-11(10-20)8-13(9-12)19-15(22)17(4,5)6/h7-9,20H,10H2,1-6H3,(H,18,21)(H,19,22). The minimum absolute atomic E-state index is 0.129. The molecule has 3 N–H and O–H groups in total. The molecule has 5 nitrogen and oxygen atoms in total.